The average molecular weight is 279 g/mol. The van der Waals surface area contributed by atoms with Crippen molar-refractivity contribution < 1.29 is 4.74 Å². The molecule has 1 aliphatic rings. The SMILES string of the molecule is CC1(Cn2c(CCCl)nc3ccccc32)CCCO1. The monoisotopic (exact) mass is 278 g/mol. The lowest BCUT2D eigenvalue weighted by atomic mass is 10.0. The minimum absolute atomic E-state index is 0.0649. The summed E-state index contributed by atoms with van der Waals surface area (Å²) in [5.74, 6) is 1.66. The Bertz CT molecular complexity index is 573. The second-order valence-electron chi connectivity index (χ2n) is 5.44. The van der Waals surface area contributed by atoms with E-state index in [0.717, 1.165) is 43.8 Å². The summed E-state index contributed by atoms with van der Waals surface area (Å²) < 4.78 is 8.20. The van der Waals surface area contributed by atoms with E-state index in [1.165, 1.54) is 5.52 Å². The molecule has 2 heterocycles. The maximum atomic E-state index is 5.91. The van der Waals surface area contributed by atoms with Gasteiger partial charge in [-0.25, -0.2) is 4.98 Å². The molecular formula is C15H19ClN2O. The number of hydrogen-bond donors (Lipinski definition) is 0. The van der Waals surface area contributed by atoms with Crippen molar-refractivity contribution in [3.05, 3.63) is 30.1 Å². The minimum atomic E-state index is -0.0649. The molecular weight excluding hydrogens is 260 g/mol. The highest BCUT2D eigenvalue weighted by molar-refractivity contribution is 6.17. The van der Waals surface area contributed by atoms with Crippen LogP contribution < -0.4 is 0 Å². The van der Waals surface area contributed by atoms with Crippen LogP contribution in [0.4, 0.5) is 0 Å². The van der Waals surface area contributed by atoms with Crippen LogP contribution in [0.1, 0.15) is 25.6 Å². The van der Waals surface area contributed by atoms with Gasteiger partial charge in [0.15, 0.2) is 0 Å². The third kappa shape index (κ3) is 2.49. The summed E-state index contributed by atoms with van der Waals surface area (Å²) >= 11 is 5.90. The number of nitrogens with zero attached hydrogens (tertiary/aromatic N) is 2. The molecule has 2 aromatic rings. The van der Waals surface area contributed by atoms with Gasteiger partial charge in [-0.05, 0) is 31.9 Å². The first-order valence-electron chi connectivity index (χ1n) is 6.86. The van der Waals surface area contributed by atoms with Crippen molar-refractivity contribution in [3.8, 4) is 0 Å². The normalized spacial score (nSPS) is 23.3. The van der Waals surface area contributed by atoms with Gasteiger partial charge in [-0.3, -0.25) is 0 Å². The number of hydrogen-bond acceptors (Lipinski definition) is 2. The molecule has 0 spiro atoms. The number of rotatable bonds is 4. The number of aryl methyl sites for hydroxylation is 1. The van der Waals surface area contributed by atoms with Crippen LogP contribution in [0, 0.1) is 0 Å². The van der Waals surface area contributed by atoms with Crippen LogP contribution in [-0.2, 0) is 17.7 Å². The molecule has 1 atom stereocenters. The van der Waals surface area contributed by atoms with Crippen LogP contribution >= 0.6 is 11.6 Å². The first kappa shape index (κ1) is 12.9. The van der Waals surface area contributed by atoms with Crippen LogP contribution in [0.2, 0.25) is 0 Å². The van der Waals surface area contributed by atoms with Gasteiger partial charge in [0.05, 0.1) is 23.2 Å². The number of alkyl halides is 1. The van der Waals surface area contributed by atoms with Gasteiger partial charge in [-0.15, -0.1) is 11.6 Å². The molecule has 0 aliphatic carbocycles. The van der Waals surface area contributed by atoms with E-state index in [1.807, 2.05) is 6.07 Å². The molecule has 4 heteroatoms. The molecule has 3 rings (SSSR count). The third-order valence-corrected chi connectivity index (χ3v) is 4.03. The Balaban J connectivity index is 2.01. The predicted molar refractivity (Wildman–Crippen MR) is 77.7 cm³/mol. The molecule has 1 fully saturated rings. The lowest BCUT2D eigenvalue weighted by Gasteiger charge is -2.25. The van der Waals surface area contributed by atoms with Crippen molar-refractivity contribution in [2.75, 3.05) is 12.5 Å². The van der Waals surface area contributed by atoms with Crippen molar-refractivity contribution in [1.82, 2.24) is 9.55 Å². The van der Waals surface area contributed by atoms with Crippen LogP contribution in [0.5, 0.6) is 0 Å². The van der Waals surface area contributed by atoms with Gasteiger partial charge in [-0.2, -0.15) is 0 Å². The second-order valence-corrected chi connectivity index (χ2v) is 5.82. The Kier molecular flexibility index (Phi) is 3.50. The molecule has 0 saturated carbocycles. The van der Waals surface area contributed by atoms with E-state index in [1.54, 1.807) is 0 Å². The molecule has 3 nitrogen and oxygen atoms in total. The van der Waals surface area contributed by atoms with Gasteiger partial charge in [0, 0.05) is 18.9 Å². The van der Waals surface area contributed by atoms with Crippen molar-refractivity contribution >= 4 is 22.6 Å². The summed E-state index contributed by atoms with van der Waals surface area (Å²) in [7, 11) is 0. The van der Waals surface area contributed by atoms with Crippen molar-refractivity contribution in [3.63, 3.8) is 0 Å². The lowest BCUT2D eigenvalue weighted by molar-refractivity contribution is 0.00653. The number of fused-ring (bicyclic) bond motifs is 1. The highest BCUT2D eigenvalue weighted by Crippen LogP contribution is 2.29. The van der Waals surface area contributed by atoms with Gasteiger partial charge in [0.1, 0.15) is 5.82 Å². The lowest BCUT2D eigenvalue weighted by Crippen LogP contribution is -2.30. The zero-order chi connectivity index (χ0) is 13.3. The van der Waals surface area contributed by atoms with Gasteiger partial charge in [-0.1, -0.05) is 12.1 Å². The van der Waals surface area contributed by atoms with Gasteiger partial charge >= 0.3 is 0 Å². The van der Waals surface area contributed by atoms with E-state index < -0.39 is 0 Å². The average Bonchev–Trinajstić information content (AvgIpc) is 2.97. The van der Waals surface area contributed by atoms with Crippen LogP contribution in [0.25, 0.3) is 11.0 Å². The molecule has 1 aromatic carbocycles. The largest absolute Gasteiger partial charge is 0.373 e. The fourth-order valence-electron chi connectivity index (χ4n) is 2.87. The van der Waals surface area contributed by atoms with Crippen molar-refractivity contribution in [2.24, 2.45) is 0 Å². The van der Waals surface area contributed by atoms with Crippen molar-refractivity contribution in [2.45, 2.75) is 38.3 Å². The van der Waals surface area contributed by atoms with E-state index >= 15 is 0 Å². The first-order chi connectivity index (χ1) is 9.22. The van der Waals surface area contributed by atoms with Crippen LogP contribution in [-0.4, -0.2) is 27.6 Å². The number of halogens is 1. The molecule has 19 heavy (non-hydrogen) atoms. The first-order valence-corrected chi connectivity index (χ1v) is 7.39. The summed E-state index contributed by atoms with van der Waals surface area (Å²) in [5.41, 5.74) is 2.16. The molecule has 1 aromatic heterocycles. The van der Waals surface area contributed by atoms with E-state index in [4.69, 9.17) is 21.3 Å². The van der Waals surface area contributed by atoms with E-state index in [0.29, 0.717) is 5.88 Å². The number of aromatic nitrogens is 2. The zero-order valence-electron chi connectivity index (χ0n) is 11.2. The maximum Gasteiger partial charge on any atom is 0.111 e. The Hall–Kier alpha value is -1.06. The highest BCUT2D eigenvalue weighted by Gasteiger charge is 2.31. The van der Waals surface area contributed by atoms with E-state index in [-0.39, 0.29) is 5.60 Å². The summed E-state index contributed by atoms with van der Waals surface area (Å²) in [6.07, 6.45) is 3.06. The fourth-order valence-corrected chi connectivity index (χ4v) is 3.04. The molecule has 1 aliphatic heterocycles. The quantitative estimate of drug-likeness (QED) is 0.802. The summed E-state index contributed by atoms with van der Waals surface area (Å²) in [5, 5.41) is 0. The molecule has 102 valence electrons. The minimum Gasteiger partial charge on any atom is -0.373 e. The van der Waals surface area contributed by atoms with Crippen molar-refractivity contribution in [1.29, 1.82) is 0 Å². The van der Waals surface area contributed by atoms with Gasteiger partial charge in [0.2, 0.25) is 0 Å². The number of imidazole rings is 1. The van der Waals surface area contributed by atoms with Gasteiger partial charge < -0.3 is 9.30 Å². The Morgan fingerprint density at radius 2 is 2.26 bits per heavy atom. The number of para-hydroxylation sites is 2. The highest BCUT2D eigenvalue weighted by atomic mass is 35.5. The molecule has 0 amide bonds. The Morgan fingerprint density at radius 3 is 3.00 bits per heavy atom. The topological polar surface area (TPSA) is 27.1 Å². The zero-order valence-corrected chi connectivity index (χ0v) is 12.0. The fraction of sp³-hybridized carbons (Fsp3) is 0.533. The standard InChI is InChI=1S/C15H19ClN2O/c1-15(8-4-10-19-15)11-18-13-6-3-2-5-12(13)17-14(18)7-9-16/h2-3,5-6H,4,7-11H2,1H3. The molecule has 0 N–H and O–H groups in total. The summed E-state index contributed by atoms with van der Waals surface area (Å²) in [4.78, 5) is 4.70. The third-order valence-electron chi connectivity index (χ3n) is 3.84. The summed E-state index contributed by atoms with van der Waals surface area (Å²) in [6, 6.07) is 8.26. The summed E-state index contributed by atoms with van der Waals surface area (Å²) in [6.45, 7) is 3.92. The predicted octanol–water partition coefficient (Wildman–Crippen LogP) is 3.39. The smallest absolute Gasteiger partial charge is 0.111 e. The molecule has 1 saturated heterocycles. The second kappa shape index (κ2) is 5.14. The van der Waals surface area contributed by atoms with E-state index in [9.17, 15) is 0 Å². The Labute approximate surface area is 118 Å². The molecule has 1 unspecified atom stereocenters. The maximum absolute atomic E-state index is 5.91. The molecule has 0 radical (unpaired) electrons. The Morgan fingerprint density at radius 1 is 1.42 bits per heavy atom. The number of ether oxygens (including phenoxy) is 1. The number of benzene rings is 1. The van der Waals surface area contributed by atoms with Gasteiger partial charge in [0.25, 0.3) is 0 Å². The van der Waals surface area contributed by atoms with Crippen LogP contribution in [0.3, 0.4) is 0 Å². The van der Waals surface area contributed by atoms with E-state index in [2.05, 4.69) is 29.7 Å². The van der Waals surface area contributed by atoms with Crippen LogP contribution in [0.15, 0.2) is 24.3 Å². The molecule has 0 bridgehead atoms.